The summed E-state index contributed by atoms with van der Waals surface area (Å²) in [4.78, 5) is 0. The van der Waals surface area contributed by atoms with Crippen LogP contribution in [0.25, 0.3) is 0 Å². The molecule has 1 heteroatoms. The zero-order chi connectivity index (χ0) is 9.61. The predicted molar refractivity (Wildman–Crippen MR) is 54.1 cm³/mol. The lowest BCUT2D eigenvalue weighted by Crippen LogP contribution is -2.21. The van der Waals surface area contributed by atoms with Gasteiger partial charge in [0.2, 0.25) is 0 Å². The van der Waals surface area contributed by atoms with Crippen LogP contribution in [0.15, 0.2) is 12.7 Å². The minimum Gasteiger partial charge on any atom is -0.395 e. The SMILES string of the molecule is C=CC(C)(CO)CC(C)CCC. The van der Waals surface area contributed by atoms with Crippen LogP contribution in [0.2, 0.25) is 0 Å². The summed E-state index contributed by atoms with van der Waals surface area (Å²) in [6.07, 6.45) is 5.38. The van der Waals surface area contributed by atoms with Gasteiger partial charge in [-0.2, -0.15) is 0 Å². The van der Waals surface area contributed by atoms with Crippen LogP contribution in [0, 0.1) is 11.3 Å². The van der Waals surface area contributed by atoms with Crippen LogP contribution in [0.1, 0.15) is 40.0 Å². The van der Waals surface area contributed by atoms with Crippen molar-refractivity contribution in [3.8, 4) is 0 Å². The number of aliphatic hydroxyl groups is 1. The Labute approximate surface area is 76.5 Å². The Morgan fingerprint density at radius 1 is 1.58 bits per heavy atom. The highest BCUT2D eigenvalue weighted by atomic mass is 16.3. The molecule has 72 valence electrons. The number of hydrogen-bond donors (Lipinski definition) is 1. The summed E-state index contributed by atoms with van der Waals surface area (Å²) in [5, 5.41) is 9.13. The maximum Gasteiger partial charge on any atom is 0.0519 e. The molecule has 12 heavy (non-hydrogen) atoms. The van der Waals surface area contributed by atoms with Crippen LogP contribution >= 0.6 is 0 Å². The van der Waals surface area contributed by atoms with Gasteiger partial charge in [-0.25, -0.2) is 0 Å². The molecule has 0 heterocycles. The van der Waals surface area contributed by atoms with Crippen molar-refractivity contribution >= 4 is 0 Å². The fraction of sp³-hybridized carbons (Fsp3) is 0.818. The van der Waals surface area contributed by atoms with Gasteiger partial charge in [-0.1, -0.05) is 39.7 Å². The van der Waals surface area contributed by atoms with E-state index in [2.05, 4.69) is 27.4 Å². The lowest BCUT2D eigenvalue weighted by molar-refractivity contribution is 0.156. The lowest BCUT2D eigenvalue weighted by Gasteiger charge is -2.26. The average Bonchev–Trinajstić information content (AvgIpc) is 2.05. The van der Waals surface area contributed by atoms with E-state index >= 15 is 0 Å². The van der Waals surface area contributed by atoms with Gasteiger partial charge in [0, 0.05) is 5.41 Å². The first-order valence-electron chi connectivity index (χ1n) is 4.82. The Morgan fingerprint density at radius 3 is 2.50 bits per heavy atom. The monoisotopic (exact) mass is 170 g/mol. The van der Waals surface area contributed by atoms with Crippen LogP contribution in [-0.2, 0) is 0 Å². The summed E-state index contributed by atoms with van der Waals surface area (Å²) in [6.45, 7) is 10.5. The standard InChI is InChI=1S/C11H22O/c1-5-7-10(3)8-11(4,6-2)9-12/h6,10,12H,2,5,7-9H2,1,3-4H3. The molecule has 0 rings (SSSR count). The van der Waals surface area contributed by atoms with Gasteiger partial charge in [-0.15, -0.1) is 6.58 Å². The van der Waals surface area contributed by atoms with E-state index in [-0.39, 0.29) is 12.0 Å². The van der Waals surface area contributed by atoms with E-state index in [1.54, 1.807) is 0 Å². The molecule has 2 unspecified atom stereocenters. The highest BCUT2D eigenvalue weighted by Gasteiger charge is 2.21. The molecular formula is C11H22O. The second kappa shape index (κ2) is 5.36. The molecular weight excluding hydrogens is 148 g/mol. The fourth-order valence-electron chi connectivity index (χ4n) is 1.60. The largest absolute Gasteiger partial charge is 0.395 e. The van der Waals surface area contributed by atoms with E-state index in [1.807, 2.05) is 6.08 Å². The van der Waals surface area contributed by atoms with Crippen LogP contribution in [-0.4, -0.2) is 11.7 Å². The molecule has 0 radical (unpaired) electrons. The molecule has 0 aromatic heterocycles. The fourth-order valence-corrected chi connectivity index (χ4v) is 1.60. The average molecular weight is 170 g/mol. The highest BCUT2D eigenvalue weighted by molar-refractivity contribution is 4.91. The van der Waals surface area contributed by atoms with Crippen molar-refractivity contribution in [1.29, 1.82) is 0 Å². The zero-order valence-corrected chi connectivity index (χ0v) is 8.64. The molecule has 0 amide bonds. The third-order valence-electron chi connectivity index (χ3n) is 2.45. The maximum absolute atomic E-state index is 9.13. The molecule has 0 aromatic rings. The number of hydrogen-bond acceptors (Lipinski definition) is 1. The molecule has 0 aromatic carbocycles. The molecule has 0 bridgehead atoms. The van der Waals surface area contributed by atoms with Crippen LogP contribution in [0.3, 0.4) is 0 Å². The van der Waals surface area contributed by atoms with E-state index in [1.165, 1.54) is 12.8 Å². The van der Waals surface area contributed by atoms with Crippen molar-refractivity contribution in [3.05, 3.63) is 12.7 Å². The molecule has 1 N–H and O–H groups in total. The lowest BCUT2D eigenvalue weighted by atomic mass is 9.81. The third-order valence-corrected chi connectivity index (χ3v) is 2.45. The van der Waals surface area contributed by atoms with Crippen LogP contribution < -0.4 is 0 Å². The van der Waals surface area contributed by atoms with Gasteiger partial charge in [0.25, 0.3) is 0 Å². The van der Waals surface area contributed by atoms with Crippen LogP contribution in [0.5, 0.6) is 0 Å². The molecule has 0 spiro atoms. The Bertz CT molecular complexity index is 131. The molecule has 0 fully saturated rings. The molecule has 0 aliphatic carbocycles. The predicted octanol–water partition coefficient (Wildman–Crippen LogP) is 3.00. The van der Waals surface area contributed by atoms with E-state index in [0.29, 0.717) is 5.92 Å². The minimum atomic E-state index is -0.0748. The summed E-state index contributed by atoms with van der Waals surface area (Å²) in [7, 11) is 0. The van der Waals surface area contributed by atoms with Gasteiger partial charge < -0.3 is 5.11 Å². The van der Waals surface area contributed by atoms with Crippen molar-refractivity contribution in [1.82, 2.24) is 0 Å². The number of rotatable bonds is 6. The minimum absolute atomic E-state index is 0.0748. The first-order valence-corrected chi connectivity index (χ1v) is 4.82. The van der Waals surface area contributed by atoms with Gasteiger partial charge in [-0.05, 0) is 12.3 Å². The van der Waals surface area contributed by atoms with Crippen molar-refractivity contribution in [2.45, 2.75) is 40.0 Å². The quantitative estimate of drug-likeness (QED) is 0.608. The smallest absolute Gasteiger partial charge is 0.0519 e. The Kier molecular flexibility index (Phi) is 5.23. The topological polar surface area (TPSA) is 20.2 Å². The van der Waals surface area contributed by atoms with Crippen molar-refractivity contribution in [2.24, 2.45) is 11.3 Å². The second-order valence-corrected chi connectivity index (χ2v) is 4.11. The first-order chi connectivity index (χ1) is 5.58. The van der Waals surface area contributed by atoms with E-state index in [4.69, 9.17) is 5.11 Å². The molecule has 0 aliphatic heterocycles. The highest BCUT2D eigenvalue weighted by Crippen LogP contribution is 2.28. The summed E-state index contributed by atoms with van der Waals surface area (Å²) < 4.78 is 0. The van der Waals surface area contributed by atoms with Gasteiger partial charge in [0.15, 0.2) is 0 Å². The third kappa shape index (κ3) is 3.91. The van der Waals surface area contributed by atoms with E-state index in [0.717, 1.165) is 6.42 Å². The maximum atomic E-state index is 9.13. The van der Waals surface area contributed by atoms with Crippen LogP contribution in [0.4, 0.5) is 0 Å². The Morgan fingerprint density at radius 2 is 2.17 bits per heavy atom. The van der Waals surface area contributed by atoms with Gasteiger partial charge >= 0.3 is 0 Å². The normalized spacial score (nSPS) is 18.3. The summed E-state index contributed by atoms with van der Waals surface area (Å²) in [5.74, 6) is 0.685. The van der Waals surface area contributed by atoms with Crippen molar-refractivity contribution < 1.29 is 5.11 Å². The zero-order valence-electron chi connectivity index (χ0n) is 8.64. The molecule has 2 atom stereocenters. The molecule has 0 saturated carbocycles. The Hall–Kier alpha value is -0.300. The Balaban J connectivity index is 3.92. The van der Waals surface area contributed by atoms with E-state index in [9.17, 15) is 0 Å². The molecule has 0 aliphatic rings. The van der Waals surface area contributed by atoms with Gasteiger partial charge in [0.1, 0.15) is 0 Å². The van der Waals surface area contributed by atoms with Crippen molar-refractivity contribution in [2.75, 3.05) is 6.61 Å². The first kappa shape index (κ1) is 11.7. The van der Waals surface area contributed by atoms with Gasteiger partial charge in [-0.3, -0.25) is 0 Å². The van der Waals surface area contributed by atoms with E-state index < -0.39 is 0 Å². The van der Waals surface area contributed by atoms with Gasteiger partial charge in [0.05, 0.1) is 6.61 Å². The summed E-state index contributed by atoms with van der Waals surface area (Å²) in [6, 6.07) is 0. The molecule has 0 saturated heterocycles. The summed E-state index contributed by atoms with van der Waals surface area (Å²) >= 11 is 0. The molecule has 1 nitrogen and oxygen atoms in total. The summed E-state index contributed by atoms with van der Waals surface area (Å²) in [5.41, 5.74) is -0.0748. The number of aliphatic hydroxyl groups excluding tert-OH is 1. The second-order valence-electron chi connectivity index (χ2n) is 4.11. The van der Waals surface area contributed by atoms with Crippen molar-refractivity contribution in [3.63, 3.8) is 0 Å².